The molecule has 0 bridgehead atoms. The van der Waals surface area contributed by atoms with Gasteiger partial charge in [0.15, 0.2) is 0 Å². The van der Waals surface area contributed by atoms with E-state index in [9.17, 15) is 15.3 Å². The van der Waals surface area contributed by atoms with Gasteiger partial charge < -0.3 is 15.3 Å². The van der Waals surface area contributed by atoms with Crippen molar-refractivity contribution in [2.24, 2.45) is 0 Å². The van der Waals surface area contributed by atoms with E-state index in [2.05, 4.69) is 5.32 Å². The molecule has 2 aromatic rings. The lowest BCUT2D eigenvalue weighted by Crippen LogP contribution is -2.63. The zero-order valence-electron chi connectivity index (χ0n) is 13.8. The van der Waals surface area contributed by atoms with Crippen LogP contribution < -0.4 is 5.32 Å². The number of aliphatic hydroxyl groups is 3. The summed E-state index contributed by atoms with van der Waals surface area (Å²) in [5.41, 5.74) is 2.02. The van der Waals surface area contributed by atoms with Crippen LogP contribution in [-0.4, -0.2) is 45.7 Å². The maximum absolute atomic E-state index is 10.2. The van der Waals surface area contributed by atoms with Crippen molar-refractivity contribution in [2.75, 3.05) is 0 Å². The lowest BCUT2D eigenvalue weighted by atomic mass is 9.89. The van der Waals surface area contributed by atoms with Crippen LogP contribution >= 0.6 is 0 Å². The molecule has 5 atom stereocenters. The van der Waals surface area contributed by atoms with E-state index < -0.39 is 30.4 Å². The molecule has 0 aromatic heterocycles. The van der Waals surface area contributed by atoms with Gasteiger partial charge >= 0.3 is 0 Å². The Hall–Kier alpha value is -2.24. The van der Waals surface area contributed by atoms with Crippen molar-refractivity contribution in [1.29, 1.82) is 0 Å². The predicted molar refractivity (Wildman–Crippen MR) is 99.7 cm³/mol. The molecule has 1 saturated heterocycles. The molecule has 1 aliphatic rings. The van der Waals surface area contributed by atoms with Crippen LogP contribution in [0.2, 0.25) is 0 Å². The van der Waals surface area contributed by atoms with Crippen molar-refractivity contribution in [2.45, 2.75) is 30.4 Å². The van der Waals surface area contributed by atoms with E-state index in [4.69, 9.17) is 0 Å². The monoisotopic (exact) mass is 337 g/mol. The third-order valence-corrected chi connectivity index (χ3v) is 4.41. The van der Waals surface area contributed by atoms with Crippen LogP contribution in [0.4, 0.5) is 0 Å². The Bertz CT molecular complexity index is 653. The summed E-state index contributed by atoms with van der Waals surface area (Å²) in [6, 6.07) is 18.6. The Morgan fingerprint density at radius 2 is 1.00 bits per heavy atom. The highest BCUT2D eigenvalue weighted by atomic mass is 16.4. The first-order valence-corrected chi connectivity index (χ1v) is 8.42. The molecule has 1 fully saturated rings. The molecule has 0 aliphatic carbocycles. The molecule has 0 saturated carbocycles. The average Bonchev–Trinajstić information content (AvgIpc) is 2.66. The highest BCUT2D eigenvalue weighted by Crippen LogP contribution is 2.19. The molecule has 130 valence electrons. The molecule has 4 N–H and O–H groups in total. The Morgan fingerprint density at radius 3 is 1.40 bits per heavy atom. The highest BCUT2D eigenvalue weighted by Gasteiger charge is 2.40. The number of benzene rings is 2. The van der Waals surface area contributed by atoms with Gasteiger partial charge in [-0.1, -0.05) is 85.0 Å². The molecule has 1 aliphatic heterocycles. The van der Waals surface area contributed by atoms with Crippen LogP contribution in [0.1, 0.15) is 11.1 Å². The van der Waals surface area contributed by atoms with Gasteiger partial charge in [0.2, 0.25) is 0 Å². The fourth-order valence-corrected chi connectivity index (χ4v) is 2.94. The summed E-state index contributed by atoms with van der Waals surface area (Å²) >= 11 is 0. The summed E-state index contributed by atoms with van der Waals surface area (Å²) in [6.45, 7) is 0. The van der Waals surface area contributed by atoms with Gasteiger partial charge in [-0.25, -0.2) is 0 Å². The van der Waals surface area contributed by atoms with Gasteiger partial charge in [-0.05, 0) is 11.1 Å². The van der Waals surface area contributed by atoms with Crippen molar-refractivity contribution in [3.8, 4) is 0 Å². The summed E-state index contributed by atoms with van der Waals surface area (Å²) in [6.07, 6.45) is 4.06. The summed E-state index contributed by atoms with van der Waals surface area (Å²) in [5, 5.41) is 33.8. The number of hydrogen-bond acceptors (Lipinski definition) is 4. The lowest BCUT2D eigenvalue weighted by Gasteiger charge is -2.39. The molecule has 0 radical (unpaired) electrons. The quantitative estimate of drug-likeness (QED) is 0.687. The Morgan fingerprint density at radius 1 is 0.600 bits per heavy atom. The summed E-state index contributed by atoms with van der Waals surface area (Å²) in [5.74, 6) is 0. The van der Waals surface area contributed by atoms with Crippen molar-refractivity contribution in [3.05, 3.63) is 83.9 Å². The van der Waals surface area contributed by atoms with E-state index in [0.717, 1.165) is 11.1 Å². The topological polar surface area (TPSA) is 72.7 Å². The normalized spacial score (nSPS) is 30.1. The Kier molecular flexibility index (Phi) is 5.79. The molecule has 4 nitrogen and oxygen atoms in total. The standard InChI is InChI=1S/C21H23NO3/c23-19-17(13-11-15-7-3-1-4-8-15)22-18(20(24)21(19)25)14-12-16-9-5-2-6-10-16/h1-14,17-25H/b13-11+,14-12+/t17-,18+,19+,20-,21?. The zero-order valence-corrected chi connectivity index (χ0v) is 13.8. The molecule has 2 aromatic carbocycles. The molecular weight excluding hydrogens is 314 g/mol. The van der Waals surface area contributed by atoms with Crippen LogP contribution in [0.3, 0.4) is 0 Å². The van der Waals surface area contributed by atoms with Crippen LogP contribution in [0.25, 0.3) is 12.2 Å². The van der Waals surface area contributed by atoms with E-state index >= 15 is 0 Å². The summed E-state index contributed by atoms with van der Waals surface area (Å²) < 4.78 is 0. The molecular formula is C21H23NO3. The van der Waals surface area contributed by atoms with Gasteiger partial charge in [-0.15, -0.1) is 0 Å². The van der Waals surface area contributed by atoms with Crippen molar-refractivity contribution in [1.82, 2.24) is 5.32 Å². The molecule has 1 unspecified atom stereocenters. The first-order chi connectivity index (χ1) is 12.1. The van der Waals surface area contributed by atoms with Gasteiger partial charge in [0.25, 0.3) is 0 Å². The number of aliphatic hydroxyl groups excluding tert-OH is 3. The number of rotatable bonds is 4. The maximum Gasteiger partial charge on any atom is 0.109 e. The van der Waals surface area contributed by atoms with Crippen LogP contribution in [0.15, 0.2) is 72.8 Å². The summed E-state index contributed by atoms with van der Waals surface area (Å²) in [7, 11) is 0. The van der Waals surface area contributed by atoms with Gasteiger partial charge in [0.1, 0.15) is 18.3 Å². The van der Waals surface area contributed by atoms with Crippen molar-refractivity contribution in [3.63, 3.8) is 0 Å². The Labute approximate surface area is 147 Å². The van der Waals surface area contributed by atoms with Gasteiger partial charge in [-0.2, -0.15) is 0 Å². The molecule has 4 heteroatoms. The predicted octanol–water partition coefficient (Wildman–Crippen LogP) is 1.84. The fraction of sp³-hybridized carbons (Fsp3) is 0.238. The molecule has 0 spiro atoms. The largest absolute Gasteiger partial charge is 0.388 e. The number of piperidine rings is 1. The second kappa shape index (κ2) is 8.23. The van der Waals surface area contributed by atoms with E-state index in [1.54, 1.807) is 0 Å². The molecule has 0 amide bonds. The van der Waals surface area contributed by atoms with Crippen molar-refractivity contribution < 1.29 is 15.3 Å². The number of nitrogens with one attached hydrogen (secondary N) is 1. The zero-order chi connectivity index (χ0) is 17.6. The van der Waals surface area contributed by atoms with Gasteiger partial charge in [0.05, 0.1) is 12.1 Å². The van der Waals surface area contributed by atoms with Crippen LogP contribution in [-0.2, 0) is 0 Å². The minimum atomic E-state index is -1.21. The van der Waals surface area contributed by atoms with E-state index in [1.165, 1.54) is 0 Å². The third kappa shape index (κ3) is 4.44. The first kappa shape index (κ1) is 17.6. The van der Waals surface area contributed by atoms with E-state index in [-0.39, 0.29) is 0 Å². The first-order valence-electron chi connectivity index (χ1n) is 8.42. The van der Waals surface area contributed by atoms with Crippen molar-refractivity contribution >= 4 is 12.2 Å². The Balaban J connectivity index is 1.74. The number of hydrogen-bond donors (Lipinski definition) is 4. The SMILES string of the molecule is OC1[C@@H](O)[C@@H](/C=C/c2ccccc2)N[C@@H](/C=C/c2ccccc2)[C@H]1O. The second-order valence-electron chi connectivity index (χ2n) is 6.23. The molecule has 3 rings (SSSR count). The third-order valence-electron chi connectivity index (χ3n) is 4.41. The smallest absolute Gasteiger partial charge is 0.109 e. The van der Waals surface area contributed by atoms with Gasteiger partial charge in [-0.3, -0.25) is 5.32 Å². The second-order valence-corrected chi connectivity index (χ2v) is 6.23. The minimum Gasteiger partial charge on any atom is -0.388 e. The van der Waals surface area contributed by atoms with E-state index in [1.807, 2.05) is 85.0 Å². The molecule has 1 heterocycles. The fourth-order valence-electron chi connectivity index (χ4n) is 2.94. The highest BCUT2D eigenvalue weighted by molar-refractivity contribution is 5.51. The minimum absolute atomic E-state index is 0.455. The maximum atomic E-state index is 10.2. The van der Waals surface area contributed by atoms with Crippen LogP contribution in [0.5, 0.6) is 0 Å². The lowest BCUT2D eigenvalue weighted by molar-refractivity contribution is -0.0981. The van der Waals surface area contributed by atoms with E-state index in [0.29, 0.717) is 0 Å². The summed E-state index contributed by atoms with van der Waals surface area (Å²) in [4.78, 5) is 0. The van der Waals surface area contributed by atoms with Gasteiger partial charge in [0, 0.05) is 0 Å². The average molecular weight is 337 g/mol. The van der Waals surface area contributed by atoms with Crippen LogP contribution in [0, 0.1) is 0 Å². The molecule has 25 heavy (non-hydrogen) atoms.